The van der Waals surface area contributed by atoms with Crippen LogP contribution in [0.25, 0.3) is 0 Å². The molecule has 0 bridgehead atoms. The summed E-state index contributed by atoms with van der Waals surface area (Å²) in [5.41, 5.74) is 5.66. The SMILES string of the molecule is CC1CCOC1C(CC1OCCc2ccccc21)NN. The first-order valence-electron chi connectivity index (χ1n) is 7.56. The molecule has 1 fully saturated rings. The molecule has 4 atom stereocenters. The summed E-state index contributed by atoms with van der Waals surface area (Å²) in [6, 6.07) is 8.70. The zero-order valence-electron chi connectivity index (χ0n) is 12.0. The lowest BCUT2D eigenvalue weighted by Gasteiger charge is -2.32. The average Bonchev–Trinajstić information content (AvgIpc) is 2.91. The molecule has 2 aliphatic rings. The van der Waals surface area contributed by atoms with Gasteiger partial charge in [0.25, 0.3) is 0 Å². The van der Waals surface area contributed by atoms with Gasteiger partial charge in [-0.2, -0.15) is 0 Å². The van der Waals surface area contributed by atoms with Gasteiger partial charge in [-0.1, -0.05) is 31.2 Å². The summed E-state index contributed by atoms with van der Waals surface area (Å²) in [6.07, 6.45) is 3.30. The molecule has 3 rings (SSSR count). The van der Waals surface area contributed by atoms with Crippen molar-refractivity contribution in [3.63, 3.8) is 0 Å². The fourth-order valence-electron chi connectivity index (χ4n) is 3.43. The Balaban J connectivity index is 1.73. The van der Waals surface area contributed by atoms with Crippen LogP contribution in [0.4, 0.5) is 0 Å². The summed E-state index contributed by atoms with van der Waals surface area (Å²) >= 11 is 0. The molecule has 0 radical (unpaired) electrons. The molecule has 0 saturated carbocycles. The molecule has 1 aromatic rings. The van der Waals surface area contributed by atoms with E-state index in [1.54, 1.807) is 0 Å². The number of hydrazine groups is 1. The first-order chi connectivity index (χ1) is 9.79. The Bertz CT molecular complexity index is 452. The topological polar surface area (TPSA) is 56.5 Å². The van der Waals surface area contributed by atoms with Crippen LogP contribution in [-0.2, 0) is 15.9 Å². The molecule has 20 heavy (non-hydrogen) atoms. The zero-order chi connectivity index (χ0) is 13.9. The lowest BCUT2D eigenvalue weighted by molar-refractivity contribution is -0.000539. The van der Waals surface area contributed by atoms with Gasteiger partial charge in [0.1, 0.15) is 0 Å². The Morgan fingerprint density at radius 3 is 2.90 bits per heavy atom. The second kappa shape index (κ2) is 6.22. The maximum absolute atomic E-state index is 5.98. The molecular weight excluding hydrogens is 252 g/mol. The lowest BCUT2D eigenvalue weighted by atomic mass is 9.89. The van der Waals surface area contributed by atoms with Gasteiger partial charge in [-0.25, -0.2) is 0 Å². The number of hydrogen-bond acceptors (Lipinski definition) is 4. The van der Waals surface area contributed by atoms with Crippen LogP contribution in [0, 0.1) is 5.92 Å². The zero-order valence-corrected chi connectivity index (χ0v) is 12.0. The average molecular weight is 276 g/mol. The van der Waals surface area contributed by atoms with Gasteiger partial charge in [0.2, 0.25) is 0 Å². The van der Waals surface area contributed by atoms with E-state index in [0.717, 1.165) is 32.5 Å². The minimum atomic E-state index is 0.123. The highest BCUT2D eigenvalue weighted by atomic mass is 16.5. The van der Waals surface area contributed by atoms with Crippen molar-refractivity contribution in [1.82, 2.24) is 5.43 Å². The molecule has 0 aliphatic carbocycles. The van der Waals surface area contributed by atoms with Crippen LogP contribution < -0.4 is 11.3 Å². The van der Waals surface area contributed by atoms with Gasteiger partial charge in [0, 0.05) is 6.61 Å². The molecule has 2 heterocycles. The lowest BCUT2D eigenvalue weighted by Crippen LogP contribution is -2.47. The third kappa shape index (κ3) is 2.74. The number of nitrogens with two attached hydrogens (primary N) is 1. The van der Waals surface area contributed by atoms with E-state index in [0.29, 0.717) is 5.92 Å². The van der Waals surface area contributed by atoms with Gasteiger partial charge < -0.3 is 9.47 Å². The number of benzene rings is 1. The number of fused-ring (bicyclic) bond motifs is 1. The van der Waals surface area contributed by atoms with E-state index < -0.39 is 0 Å². The van der Waals surface area contributed by atoms with Crippen LogP contribution in [0.15, 0.2) is 24.3 Å². The molecule has 3 N–H and O–H groups in total. The van der Waals surface area contributed by atoms with Gasteiger partial charge in [-0.3, -0.25) is 11.3 Å². The summed E-state index contributed by atoms with van der Waals surface area (Å²) in [6.45, 7) is 3.86. The molecule has 2 aliphatic heterocycles. The quantitative estimate of drug-likeness (QED) is 0.652. The van der Waals surface area contributed by atoms with Crippen molar-refractivity contribution < 1.29 is 9.47 Å². The summed E-state index contributed by atoms with van der Waals surface area (Å²) in [4.78, 5) is 0. The predicted molar refractivity (Wildman–Crippen MR) is 78.1 cm³/mol. The molecule has 0 amide bonds. The van der Waals surface area contributed by atoms with Crippen LogP contribution in [0.3, 0.4) is 0 Å². The fourth-order valence-corrected chi connectivity index (χ4v) is 3.43. The second-order valence-electron chi connectivity index (χ2n) is 5.92. The normalized spacial score (nSPS) is 31.0. The Hall–Kier alpha value is -0.940. The van der Waals surface area contributed by atoms with Gasteiger partial charge in [-0.05, 0) is 36.3 Å². The smallest absolute Gasteiger partial charge is 0.0844 e. The monoisotopic (exact) mass is 276 g/mol. The van der Waals surface area contributed by atoms with Crippen molar-refractivity contribution in [2.45, 2.75) is 44.4 Å². The molecular formula is C16H24N2O2. The Kier molecular flexibility index (Phi) is 4.36. The molecule has 0 spiro atoms. The first kappa shape index (κ1) is 14.0. The van der Waals surface area contributed by atoms with E-state index in [2.05, 4.69) is 36.6 Å². The molecule has 4 nitrogen and oxygen atoms in total. The van der Waals surface area contributed by atoms with E-state index in [1.807, 2.05) is 0 Å². The first-order valence-corrected chi connectivity index (χ1v) is 7.56. The van der Waals surface area contributed by atoms with E-state index in [1.165, 1.54) is 11.1 Å². The third-order valence-electron chi connectivity index (χ3n) is 4.62. The van der Waals surface area contributed by atoms with Gasteiger partial charge in [0.05, 0.1) is 24.9 Å². The second-order valence-corrected chi connectivity index (χ2v) is 5.92. The van der Waals surface area contributed by atoms with Crippen LogP contribution in [-0.4, -0.2) is 25.4 Å². The maximum Gasteiger partial charge on any atom is 0.0844 e. The van der Waals surface area contributed by atoms with Crippen molar-refractivity contribution in [2.24, 2.45) is 11.8 Å². The minimum Gasteiger partial charge on any atom is -0.376 e. The standard InChI is InChI=1S/C16H24N2O2/c1-11-6-8-20-16(11)14(18-17)10-15-13-5-3-2-4-12(13)7-9-19-15/h2-5,11,14-16,18H,6-10,17H2,1H3. The van der Waals surface area contributed by atoms with E-state index >= 15 is 0 Å². The van der Waals surface area contributed by atoms with Crippen LogP contribution >= 0.6 is 0 Å². The Morgan fingerprint density at radius 2 is 2.15 bits per heavy atom. The summed E-state index contributed by atoms with van der Waals surface area (Å²) in [5.74, 6) is 6.32. The third-order valence-corrected chi connectivity index (χ3v) is 4.62. The molecule has 4 unspecified atom stereocenters. The van der Waals surface area contributed by atoms with Crippen molar-refractivity contribution in [3.8, 4) is 0 Å². The highest BCUT2D eigenvalue weighted by molar-refractivity contribution is 5.31. The van der Waals surface area contributed by atoms with E-state index in [4.69, 9.17) is 15.3 Å². The van der Waals surface area contributed by atoms with Crippen molar-refractivity contribution in [2.75, 3.05) is 13.2 Å². The Labute approximate surface area is 120 Å². The number of ether oxygens (including phenoxy) is 2. The van der Waals surface area contributed by atoms with Gasteiger partial charge in [-0.15, -0.1) is 0 Å². The molecule has 110 valence electrons. The number of hydrogen-bond donors (Lipinski definition) is 2. The molecule has 4 heteroatoms. The highest BCUT2D eigenvalue weighted by Gasteiger charge is 2.34. The summed E-state index contributed by atoms with van der Waals surface area (Å²) in [7, 11) is 0. The van der Waals surface area contributed by atoms with Crippen LogP contribution in [0.5, 0.6) is 0 Å². The fraction of sp³-hybridized carbons (Fsp3) is 0.625. The summed E-state index contributed by atoms with van der Waals surface area (Å²) < 4.78 is 11.8. The number of nitrogens with one attached hydrogen (secondary N) is 1. The van der Waals surface area contributed by atoms with Crippen molar-refractivity contribution in [1.29, 1.82) is 0 Å². The maximum atomic E-state index is 5.98. The van der Waals surface area contributed by atoms with Crippen LogP contribution in [0.1, 0.15) is 37.0 Å². The van der Waals surface area contributed by atoms with Crippen LogP contribution in [0.2, 0.25) is 0 Å². The molecule has 0 aromatic heterocycles. The van der Waals surface area contributed by atoms with Crippen molar-refractivity contribution in [3.05, 3.63) is 35.4 Å². The highest BCUT2D eigenvalue weighted by Crippen LogP contribution is 2.33. The largest absolute Gasteiger partial charge is 0.376 e. The summed E-state index contributed by atoms with van der Waals surface area (Å²) in [5, 5.41) is 0. The molecule has 1 saturated heterocycles. The van der Waals surface area contributed by atoms with E-state index in [9.17, 15) is 0 Å². The minimum absolute atomic E-state index is 0.123. The predicted octanol–water partition coefficient (Wildman–Crippen LogP) is 1.95. The van der Waals surface area contributed by atoms with Crippen molar-refractivity contribution >= 4 is 0 Å². The number of rotatable bonds is 4. The van der Waals surface area contributed by atoms with Gasteiger partial charge >= 0.3 is 0 Å². The van der Waals surface area contributed by atoms with Gasteiger partial charge in [0.15, 0.2) is 0 Å². The Morgan fingerprint density at radius 1 is 1.30 bits per heavy atom. The molecule has 1 aromatic carbocycles. The van der Waals surface area contributed by atoms with E-state index in [-0.39, 0.29) is 18.2 Å².